The molecule has 1 saturated heterocycles. The molecule has 5 heteroatoms. The van der Waals surface area contributed by atoms with Crippen LogP contribution in [0.2, 0.25) is 0 Å². The maximum absolute atomic E-state index is 12.4. The number of hydrogen-bond donors (Lipinski definition) is 1. The van der Waals surface area contributed by atoms with E-state index in [0.717, 1.165) is 37.5 Å². The number of nitrogens with one attached hydrogen (secondary N) is 1. The van der Waals surface area contributed by atoms with Crippen LogP contribution in [0.5, 0.6) is 0 Å². The number of piperidine rings is 1. The van der Waals surface area contributed by atoms with Gasteiger partial charge in [-0.1, -0.05) is 6.42 Å². The summed E-state index contributed by atoms with van der Waals surface area (Å²) < 4.78 is 37.3. The quantitative estimate of drug-likeness (QED) is 0.900. The van der Waals surface area contributed by atoms with Crippen LogP contribution in [0.3, 0.4) is 0 Å². The summed E-state index contributed by atoms with van der Waals surface area (Å²) >= 11 is 0. The summed E-state index contributed by atoms with van der Waals surface area (Å²) in [4.78, 5) is 2.43. The number of likely N-dealkylation sites (tertiary alicyclic amines) is 1. The SMILES string of the molecule is CC(CNc1ccc(C(F)(F)F)cc1)N1CCCCC1. The molecule has 1 aliphatic heterocycles. The Morgan fingerprint density at radius 1 is 1.10 bits per heavy atom. The minimum atomic E-state index is -4.26. The van der Waals surface area contributed by atoms with E-state index in [-0.39, 0.29) is 0 Å². The summed E-state index contributed by atoms with van der Waals surface area (Å²) in [6.45, 7) is 5.15. The lowest BCUT2D eigenvalue weighted by atomic mass is 10.1. The van der Waals surface area contributed by atoms with Gasteiger partial charge in [0, 0.05) is 18.3 Å². The third kappa shape index (κ3) is 4.13. The molecule has 0 saturated carbocycles. The van der Waals surface area contributed by atoms with E-state index in [1.165, 1.54) is 31.4 Å². The molecule has 0 bridgehead atoms. The van der Waals surface area contributed by atoms with Crippen molar-refractivity contribution < 1.29 is 13.2 Å². The molecule has 1 aliphatic rings. The van der Waals surface area contributed by atoms with Crippen molar-refractivity contribution in [1.29, 1.82) is 0 Å². The van der Waals surface area contributed by atoms with Gasteiger partial charge in [0.05, 0.1) is 5.56 Å². The van der Waals surface area contributed by atoms with Crippen LogP contribution in [-0.4, -0.2) is 30.6 Å². The smallest absolute Gasteiger partial charge is 0.383 e. The highest BCUT2D eigenvalue weighted by atomic mass is 19.4. The van der Waals surface area contributed by atoms with Crippen LogP contribution in [0.1, 0.15) is 31.7 Å². The number of nitrogens with zero attached hydrogens (tertiary/aromatic N) is 1. The Morgan fingerprint density at radius 2 is 1.70 bits per heavy atom. The monoisotopic (exact) mass is 286 g/mol. The van der Waals surface area contributed by atoms with E-state index in [0.29, 0.717) is 6.04 Å². The Labute approximate surface area is 118 Å². The summed E-state index contributed by atoms with van der Waals surface area (Å²) in [5, 5.41) is 3.21. The third-order valence-electron chi connectivity index (χ3n) is 3.83. The highest BCUT2D eigenvalue weighted by molar-refractivity contribution is 5.45. The second-order valence-corrected chi connectivity index (χ2v) is 5.40. The first-order chi connectivity index (χ1) is 9.47. The molecule has 1 aromatic rings. The normalized spacial score (nSPS) is 18.8. The lowest BCUT2D eigenvalue weighted by molar-refractivity contribution is -0.137. The third-order valence-corrected chi connectivity index (χ3v) is 3.83. The van der Waals surface area contributed by atoms with Gasteiger partial charge in [-0.3, -0.25) is 4.90 Å². The van der Waals surface area contributed by atoms with Gasteiger partial charge in [0.2, 0.25) is 0 Å². The summed E-state index contributed by atoms with van der Waals surface area (Å²) in [5.74, 6) is 0. The van der Waals surface area contributed by atoms with Crippen molar-refractivity contribution in [2.24, 2.45) is 0 Å². The number of hydrogen-bond acceptors (Lipinski definition) is 2. The van der Waals surface area contributed by atoms with Gasteiger partial charge in [0.25, 0.3) is 0 Å². The van der Waals surface area contributed by atoms with Crippen molar-refractivity contribution in [2.45, 2.75) is 38.4 Å². The fourth-order valence-electron chi connectivity index (χ4n) is 2.53. The van der Waals surface area contributed by atoms with Crippen molar-refractivity contribution in [3.8, 4) is 0 Å². The van der Waals surface area contributed by atoms with Crippen LogP contribution in [0.15, 0.2) is 24.3 Å². The summed E-state index contributed by atoms with van der Waals surface area (Å²) in [6, 6.07) is 5.62. The van der Waals surface area contributed by atoms with Crippen molar-refractivity contribution >= 4 is 5.69 Å². The molecule has 1 fully saturated rings. The highest BCUT2D eigenvalue weighted by Gasteiger charge is 2.29. The van der Waals surface area contributed by atoms with E-state index in [4.69, 9.17) is 0 Å². The molecule has 0 spiro atoms. The number of benzene rings is 1. The molecule has 2 nitrogen and oxygen atoms in total. The van der Waals surface area contributed by atoms with E-state index < -0.39 is 11.7 Å². The first-order valence-corrected chi connectivity index (χ1v) is 7.12. The zero-order valence-electron chi connectivity index (χ0n) is 11.7. The molecular formula is C15H21F3N2. The van der Waals surface area contributed by atoms with Crippen LogP contribution >= 0.6 is 0 Å². The molecule has 1 heterocycles. The summed E-state index contributed by atoms with van der Waals surface area (Å²) in [6.07, 6.45) is -0.482. The van der Waals surface area contributed by atoms with Gasteiger partial charge >= 0.3 is 6.18 Å². The molecular weight excluding hydrogens is 265 g/mol. The molecule has 1 unspecified atom stereocenters. The van der Waals surface area contributed by atoms with Crippen LogP contribution in [0, 0.1) is 0 Å². The maximum atomic E-state index is 12.4. The zero-order valence-corrected chi connectivity index (χ0v) is 11.7. The summed E-state index contributed by atoms with van der Waals surface area (Å²) in [7, 11) is 0. The molecule has 0 radical (unpaired) electrons. The molecule has 1 N–H and O–H groups in total. The van der Waals surface area contributed by atoms with Crippen molar-refractivity contribution in [2.75, 3.05) is 25.0 Å². The first kappa shape index (κ1) is 15.2. The minimum Gasteiger partial charge on any atom is -0.383 e. The molecule has 0 aliphatic carbocycles. The van der Waals surface area contributed by atoms with Crippen molar-refractivity contribution in [3.63, 3.8) is 0 Å². The molecule has 0 amide bonds. The van der Waals surface area contributed by atoms with Crippen LogP contribution < -0.4 is 5.32 Å². The second-order valence-electron chi connectivity index (χ2n) is 5.40. The van der Waals surface area contributed by atoms with Gasteiger partial charge in [0.15, 0.2) is 0 Å². The van der Waals surface area contributed by atoms with Crippen molar-refractivity contribution in [3.05, 3.63) is 29.8 Å². The Bertz CT molecular complexity index is 408. The molecule has 2 rings (SSSR count). The zero-order chi connectivity index (χ0) is 14.6. The van der Waals surface area contributed by atoms with Gasteiger partial charge in [-0.25, -0.2) is 0 Å². The largest absolute Gasteiger partial charge is 0.416 e. The fourth-order valence-corrected chi connectivity index (χ4v) is 2.53. The maximum Gasteiger partial charge on any atom is 0.416 e. The Kier molecular flexibility index (Phi) is 4.91. The van der Waals surface area contributed by atoms with E-state index in [1.54, 1.807) is 0 Å². The lowest BCUT2D eigenvalue weighted by Crippen LogP contribution is -2.41. The number of halogens is 3. The van der Waals surface area contributed by atoms with Gasteiger partial charge in [0.1, 0.15) is 0 Å². The second kappa shape index (κ2) is 6.48. The average Bonchev–Trinajstić information content (AvgIpc) is 2.45. The van der Waals surface area contributed by atoms with Crippen LogP contribution in [0.4, 0.5) is 18.9 Å². The van der Waals surface area contributed by atoms with Gasteiger partial charge in [-0.2, -0.15) is 13.2 Å². The lowest BCUT2D eigenvalue weighted by Gasteiger charge is -2.32. The molecule has 0 aromatic heterocycles. The topological polar surface area (TPSA) is 15.3 Å². The minimum absolute atomic E-state index is 0.401. The summed E-state index contributed by atoms with van der Waals surface area (Å²) in [5.41, 5.74) is 0.133. The first-order valence-electron chi connectivity index (χ1n) is 7.12. The molecule has 20 heavy (non-hydrogen) atoms. The van der Waals surface area contributed by atoms with E-state index in [1.807, 2.05) is 0 Å². The standard InChI is InChI=1S/C15H21F3N2/c1-12(20-9-3-2-4-10-20)11-19-14-7-5-13(6-8-14)15(16,17)18/h5-8,12,19H,2-4,9-11H2,1H3. The van der Waals surface area contributed by atoms with E-state index in [2.05, 4.69) is 17.1 Å². The van der Waals surface area contributed by atoms with Crippen LogP contribution in [-0.2, 0) is 6.18 Å². The van der Waals surface area contributed by atoms with Crippen molar-refractivity contribution in [1.82, 2.24) is 4.90 Å². The molecule has 112 valence electrons. The van der Waals surface area contributed by atoms with Gasteiger partial charge in [-0.05, 0) is 57.1 Å². The average molecular weight is 286 g/mol. The number of alkyl halides is 3. The van der Waals surface area contributed by atoms with E-state index in [9.17, 15) is 13.2 Å². The molecule has 1 atom stereocenters. The predicted octanol–water partition coefficient (Wildman–Crippen LogP) is 3.99. The Morgan fingerprint density at radius 3 is 2.25 bits per heavy atom. The molecule has 1 aromatic carbocycles. The van der Waals surface area contributed by atoms with Crippen LogP contribution in [0.25, 0.3) is 0 Å². The van der Waals surface area contributed by atoms with Gasteiger partial charge < -0.3 is 5.32 Å². The number of rotatable bonds is 4. The predicted molar refractivity (Wildman–Crippen MR) is 74.8 cm³/mol. The number of anilines is 1. The Balaban J connectivity index is 1.84. The van der Waals surface area contributed by atoms with E-state index >= 15 is 0 Å². The fraction of sp³-hybridized carbons (Fsp3) is 0.600. The van der Waals surface area contributed by atoms with Gasteiger partial charge in [-0.15, -0.1) is 0 Å². The highest BCUT2D eigenvalue weighted by Crippen LogP contribution is 2.29. The Hall–Kier alpha value is -1.23.